The van der Waals surface area contributed by atoms with Crippen LogP contribution in [-0.2, 0) is 0 Å². The second-order valence-corrected chi connectivity index (χ2v) is 12.0. The fourth-order valence-electron chi connectivity index (χ4n) is 7.34. The molecule has 0 aliphatic carbocycles. The summed E-state index contributed by atoms with van der Waals surface area (Å²) in [5, 5.41) is 25.1. The van der Waals surface area contributed by atoms with Gasteiger partial charge in [0.2, 0.25) is 0 Å². The van der Waals surface area contributed by atoms with E-state index in [1.807, 2.05) is 42.5 Å². The third-order valence-corrected chi connectivity index (χ3v) is 9.41. The maximum Gasteiger partial charge on any atom is 0.101 e. The van der Waals surface area contributed by atoms with Crippen LogP contribution >= 0.6 is 0 Å². The van der Waals surface area contributed by atoms with Gasteiger partial charge in [0.25, 0.3) is 0 Å². The Kier molecular flexibility index (Phi) is 6.22. The number of fused-ring (bicyclic) bond motifs is 6. The molecular weight excluding hydrogens is 585 g/mol. The predicted molar refractivity (Wildman–Crippen MR) is 195 cm³/mol. The van der Waals surface area contributed by atoms with Gasteiger partial charge in [-0.1, -0.05) is 103 Å². The summed E-state index contributed by atoms with van der Waals surface area (Å²) in [4.78, 5) is 0. The van der Waals surface area contributed by atoms with Gasteiger partial charge >= 0.3 is 0 Å². The third-order valence-electron chi connectivity index (χ3n) is 9.41. The van der Waals surface area contributed by atoms with E-state index in [2.05, 4.69) is 137 Å². The molecule has 0 radical (unpaired) electrons. The molecule has 0 aliphatic rings. The van der Waals surface area contributed by atoms with Crippen molar-refractivity contribution in [3.05, 3.63) is 169 Å². The minimum Gasteiger partial charge on any atom is -0.309 e. The van der Waals surface area contributed by atoms with Crippen LogP contribution in [0, 0.1) is 22.7 Å². The van der Waals surface area contributed by atoms with E-state index in [0.717, 1.165) is 55.4 Å². The Morgan fingerprint density at radius 2 is 0.917 bits per heavy atom. The van der Waals surface area contributed by atoms with Gasteiger partial charge < -0.3 is 9.13 Å². The summed E-state index contributed by atoms with van der Waals surface area (Å²) in [6, 6.07) is 58.9. The van der Waals surface area contributed by atoms with Crippen LogP contribution in [0.5, 0.6) is 0 Å². The Labute approximate surface area is 277 Å². The summed E-state index contributed by atoms with van der Waals surface area (Å²) in [5.74, 6) is 0. The van der Waals surface area contributed by atoms with Crippen LogP contribution in [0.2, 0.25) is 0 Å². The van der Waals surface area contributed by atoms with Crippen molar-refractivity contribution in [2.75, 3.05) is 0 Å². The number of para-hydroxylation sites is 4. The summed E-state index contributed by atoms with van der Waals surface area (Å²) < 4.78 is 4.47. The predicted octanol–water partition coefficient (Wildman–Crippen LogP) is 11.0. The van der Waals surface area contributed by atoms with Crippen molar-refractivity contribution in [2.45, 2.75) is 0 Å². The molecule has 0 fully saturated rings. The van der Waals surface area contributed by atoms with Crippen molar-refractivity contribution in [3.8, 4) is 45.8 Å². The highest BCUT2D eigenvalue weighted by Gasteiger charge is 2.20. The zero-order valence-electron chi connectivity index (χ0n) is 25.8. The van der Waals surface area contributed by atoms with Crippen molar-refractivity contribution in [3.63, 3.8) is 0 Å². The van der Waals surface area contributed by atoms with Crippen LogP contribution in [0.25, 0.3) is 77.2 Å². The largest absolute Gasteiger partial charge is 0.309 e. The molecule has 2 aromatic heterocycles. The lowest BCUT2D eigenvalue weighted by Gasteiger charge is -2.17. The molecule has 0 bridgehead atoms. The Balaban J connectivity index is 1.20. The van der Waals surface area contributed by atoms with Gasteiger partial charge in [0.15, 0.2) is 0 Å². The summed E-state index contributed by atoms with van der Waals surface area (Å²) in [6.07, 6.45) is 0. The molecular formula is C44H26N4. The van der Waals surface area contributed by atoms with E-state index in [4.69, 9.17) is 0 Å². The third kappa shape index (κ3) is 4.07. The SMILES string of the molecule is N#Cc1cccc(-n2c3ccccc3c3cccc(C#N)c32)c1-c1cccc(-c2ccc(-n3c4ccccc4c4ccccc43)cc2)c1. The van der Waals surface area contributed by atoms with E-state index in [1.165, 1.54) is 21.8 Å². The molecule has 48 heavy (non-hydrogen) atoms. The average molecular weight is 611 g/mol. The quantitative estimate of drug-likeness (QED) is 0.199. The maximum atomic E-state index is 10.4. The zero-order chi connectivity index (χ0) is 32.2. The van der Waals surface area contributed by atoms with Crippen LogP contribution in [0.1, 0.15) is 11.1 Å². The normalized spacial score (nSPS) is 11.3. The van der Waals surface area contributed by atoms with Gasteiger partial charge in [-0.3, -0.25) is 0 Å². The summed E-state index contributed by atoms with van der Waals surface area (Å²) >= 11 is 0. The molecule has 9 aromatic rings. The first kappa shape index (κ1) is 27.4. The fourth-order valence-corrected chi connectivity index (χ4v) is 7.34. The first-order valence-electron chi connectivity index (χ1n) is 15.9. The molecule has 4 nitrogen and oxygen atoms in total. The van der Waals surface area contributed by atoms with Gasteiger partial charge in [-0.05, 0) is 71.3 Å². The van der Waals surface area contributed by atoms with Crippen molar-refractivity contribution < 1.29 is 0 Å². The molecule has 0 saturated heterocycles. The second kappa shape index (κ2) is 10.9. The molecule has 222 valence electrons. The summed E-state index contributed by atoms with van der Waals surface area (Å²) in [7, 11) is 0. The molecule has 0 N–H and O–H groups in total. The minimum absolute atomic E-state index is 0.576. The highest BCUT2D eigenvalue weighted by atomic mass is 15.0. The first-order chi connectivity index (χ1) is 23.7. The van der Waals surface area contributed by atoms with Gasteiger partial charge in [-0.15, -0.1) is 0 Å². The lowest BCUT2D eigenvalue weighted by atomic mass is 9.94. The number of aromatic nitrogens is 2. The molecule has 0 atom stereocenters. The van der Waals surface area contributed by atoms with Gasteiger partial charge in [-0.25, -0.2) is 0 Å². The molecule has 9 rings (SSSR count). The van der Waals surface area contributed by atoms with Crippen LogP contribution in [-0.4, -0.2) is 9.13 Å². The average Bonchev–Trinajstić information content (AvgIpc) is 3.68. The highest BCUT2D eigenvalue weighted by Crippen LogP contribution is 2.40. The van der Waals surface area contributed by atoms with Crippen LogP contribution in [0.3, 0.4) is 0 Å². The highest BCUT2D eigenvalue weighted by molar-refractivity contribution is 6.12. The number of hydrogen-bond acceptors (Lipinski definition) is 2. The van der Waals surface area contributed by atoms with E-state index in [1.54, 1.807) is 0 Å². The van der Waals surface area contributed by atoms with E-state index in [0.29, 0.717) is 11.1 Å². The standard InChI is InChI=1S/C44H26N4/c45-27-32-12-9-21-42(48-41-20-6-3-16-37(41)38-17-8-13-33(28-46)44(38)48)43(32)31-11-7-10-30(26-31)29-22-24-34(25-23-29)47-39-18-4-1-14-35(39)36-15-2-5-19-40(36)47/h1-26H. The summed E-state index contributed by atoms with van der Waals surface area (Å²) in [6.45, 7) is 0. The van der Waals surface area contributed by atoms with Crippen molar-refractivity contribution >= 4 is 43.6 Å². The zero-order valence-corrected chi connectivity index (χ0v) is 25.8. The maximum absolute atomic E-state index is 10.4. The van der Waals surface area contributed by atoms with Crippen molar-refractivity contribution in [1.82, 2.24) is 9.13 Å². The molecule has 2 heterocycles. The monoisotopic (exact) mass is 610 g/mol. The number of rotatable bonds is 4. The second-order valence-electron chi connectivity index (χ2n) is 12.0. The topological polar surface area (TPSA) is 57.4 Å². The molecule has 7 aromatic carbocycles. The van der Waals surface area contributed by atoms with Gasteiger partial charge in [0, 0.05) is 32.8 Å². The molecule has 4 heteroatoms. The van der Waals surface area contributed by atoms with Gasteiger partial charge in [0.05, 0.1) is 45.0 Å². The number of hydrogen-bond donors (Lipinski definition) is 0. The Bertz CT molecular complexity index is 2750. The van der Waals surface area contributed by atoms with E-state index in [9.17, 15) is 10.5 Å². The van der Waals surface area contributed by atoms with Crippen molar-refractivity contribution in [1.29, 1.82) is 10.5 Å². The molecule has 0 saturated carbocycles. The minimum atomic E-state index is 0.576. The van der Waals surface area contributed by atoms with Crippen molar-refractivity contribution in [2.24, 2.45) is 0 Å². The van der Waals surface area contributed by atoms with Crippen LogP contribution < -0.4 is 0 Å². The lowest BCUT2D eigenvalue weighted by molar-refractivity contribution is 1.17. The molecule has 0 aliphatic heterocycles. The van der Waals surface area contributed by atoms with Crippen LogP contribution in [0.15, 0.2) is 158 Å². The first-order valence-corrected chi connectivity index (χ1v) is 15.9. The van der Waals surface area contributed by atoms with E-state index >= 15 is 0 Å². The fraction of sp³-hybridized carbons (Fsp3) is 0. The molecule has 0 unspecified atom stereocenters. The number of nitrogens with zero attached hydrogens (tertiary/aromatic N) is 4. The Morgan fingerprint density at radius 3 is 1.58 bits per heavy atom. The molecule has 0 spiro atoms. The van der Waals surface area contributed by atoms with E-state index in [-0.39, 0.29) is 0 Å². The molecule has 0 amide bonds. The van der Waals surface area contributed by atoms with Gasteiger partial charge in [0.1, 0.15) is 6.07 Å². The van der Waals surface area contributed by atoms with Gasteiger partial charge in [-0.2, -0.15) is 10.5 Å². The Morgan fingerprint density at radius 1 is 0.396 bits per heavy atom. The number of benzene rings is 7. The Hall–Kier alpha value is -6.88. The summed E-state index contributed by atoms with van der Waals surface area (Å²) in [5.41, 5.74) is 11.2. The van der Waals surface area contributed by atoms with Crippen LogP contribution in [0.4, 0.5) is 0 Å². The number of nitriles is 2. The lowest BCUT2D eigenvalue weighted by Crippen LogP contribution is -2.00. The smallest absolute Gasteiger partial charge is 0.101 e. The van der Waals surface area contributed by atoms with E-state index < -0.39 is 0 Å².